The topological polar surface area (TPSA) is 291 Å². The Morgan fingerprint density at radius 1 is 0.766 bits per heavy atom. The van der Waals surface area contributed by atoms with Gasteiger partial charge in [0.15, 0.2) is 11.5 Å². The average molecular weight is 1530 g/mol. The van der Waals surface area contributed by atoms with Crippen LogP contribution < -0.4 is 51.6 Å². The number of carbonyl (C=O) groups is 8. The number of piperidine rings is 1. The molecule has 6 heterocycles. The van der Waals surface area contributed by atoms with Crippen molar-refractivity contribution >= 4 is 69.9 Å². The van der Waals surface area contributed by atoms with Crippen LogP contribution >= 0.6 is 0 Å². The van der Waals surface area contributed by atoms with Gasteiger partial charge in [0, 0.05) is 74.8 Å². The summed E-state index contributed by atoms with van der Waals surface area (Å²) in [5, 5.41) is 32.1. The predicted molar refractivity (Wildman–Crippen MR) is 410 cm³/mol. The van der Waals surface area contributed by atoms with E-state index in [1.54, 1.807) is 56.1 Å². The first-order valence-corrected chi connectivity index (χ1v) is 38.8. The highest BCUT2D eigenvalue weighted by atomic mass is 19.4. The molecule has 6 aliphatic heterocycles. The van der Waals surface area contributed by atoms with Crippen LogP contribution in [-0.4, -0.2) is 195 Å². The van der Waals surface area contributed by atoms with E-state index in [1.165, 1.54) is 11.8 Å². The van der Waals surface area contributed by atoms with Gasteiger partial charge in [-0.1, -0.05) is 92.4 Å². The number of aliphatic hydroxyl groups excluding tert-OH is 1. The van der Waals surface area contributed by atoms with Crippen LogP contribution in [0.3, 0.4) is 0 Å². The third-order valence-electron chi connectivity index (χ3n) is 23.3. The monoisotopic (exact) mass is 1530 g/mol. The first-order valence-electron chi connectivity index (χ1n) is 38.8. The number of rotatable bonds is 28. The number of methoxy groups -OCH3 is 2. The zero-order chi connectivity index (χ0) is 78.3. The second kappa shape index (κ2) is 34.4. The number of fused-ring (bicyclic) bond motifs is 6. The summed E-state index contributed by atoms with van der Waals surface area (Å²) in [5.74, 6) is 3.50. The summed E-state index contributed by atoms with van der Waals surface area (Å²) in [5.41, 5.74) is 7.47. The molecule has 2 saturated carbocycles. The van der Waals surface area contributed by atoms with E-state index in [9.17, 15) is 51.8 Å². The molecule has 590 valence electrons. The summed E-state index contributed by atoms with van der Waals surface area (Å²) < 4.78 is 63.9. The van der Waals surface area contributed by atoms with E-state index in [0.29, 0.717) is 137 Å². The minimum absolute atomic E-state index is 0.00906. The first-order chi connectivity index (χ1) is 53.3. The van der Waals surface area contributed by atoms with Gasteiger partial charge in [0.05, 0.1) is 86.5 Å². The van der Waals surface area contributed by atoms with Gasteiger partial charge < -0.3 is 70.7 Å². The highest BCUT2D eigenvalue weighted by Gasteiger charge is 2.63. The van der Waals surface area contributed by atoms with Crippen LogP contribution in [0.1, 0.15) is 154 Å². The van der Waals surface area contributed by atoms with Crippen LogP contribution in [0.2, 0.25) is 0 Å². The van der Waals surface area contributed by atoms with Crippen molar-refractivity contribution in [3.63, 3.8) is 0 Å². The van der Waals surface area contributed by atoms with Crippen molar-refractivity contribution in [2.45, 2.75) is 178 Å². The van der Waals surface area contributed by atoms with E-state index < -0.39 is 103 Å². The van der Waals surface area contributed by atoms with Gasteiger partial charge in [-0.05, 0) is 179 Å². The summed E-state index contributed by atoms with van der Waals surface area (Å²) in [7, 11) is 3.18. The number of para-hydroxylation sites is 1. The van der Waals surface area contributed by atoms with Crippen molar-refractivity contribution in [3.05, 3.63) is 154 Å². The maximum absolute atomic E-state index is 15.4. The molecular weight excluding hydrogens is 1430 g/mol. The number of ether oxygens (including phenoxy) is 4. The predicted octanol–water partition coefficient (Wildman–Crippen LogP) is 8.30. The number of nitrogens with zero attached hydrogens (tertiary/aromatic N) is 4. The summed E-state index contributed by atoms with van der Waals surface area (Å²) >= 11 is 0. The van der Waals surface area contributed by atoms with Crippen molar-refractivity contribution in [2.24, 2.45) is 16.7 Å². The van der Waals surface area contributed by atoms with Gasteiger partial charge in [-0.3, -0.25) is 48.6 Å². The van der Waals surface area contributed by atoms with E-state index in [1.807, 2.05) is 90.0 Å². The van der Waals surface area contributed by atoms with Gasteiger partial charge >= 0.3 is 6.18 Å². The molecule has 0 radical (unpaired) electrons. The van der Waals surface area contributed by atoms with Gasteiger partial charge in [-0.15, -0.1) is 0 Å². The molecule has 2 aliphatic carbocycles. The van der Waals surface area contributed by atoms with E-state index in [0.717, 1.165) is 52.7 Å². The number of hydrogen-bond donors (Lipinski definition) is 8. The zero-order valence-corrected chi connectivity index (χ0v) is 63.5. The number of aliphatic hydroxyl groups is 1. The van der Waals surface area contributed by atoms with Gasteiger partial charge in [0.25, 0.3) is 5.91 Å². The van der Waals surface area contributed by atoms with Crippen molar-refractivity contribution < 1.29 is 75.6 Å². The number of nitrogens with one attached hydrogen (secondary N) is 7. The maximum Gasteiger partial charge on any atom is 0.401 e. The quantitative estimate of drug-likeness (QED) is 0.0173. The number of hydrogen-bond acceptors (Lipinski definition) is 16. The summed E-state index contributed by atoms with van der Waals surface area (Å²) in [6.45, 7) is 6.07. The number of carbonyl (C=O) groups excluding carboxylic acids is 8. The third kappa shape index (κ3) is 18.7. The first kappa shape index (κ1) is 79.2. The number of anilines is 3. The number of unbranched alkanes of at least 4 members (excludes halogenated alkanes) is 2. The molecule has 5 unspecified atom stereocenters. The molecule has 5 aromatic rings. The van der Waals surface area contributed by atoms with E-state index in [4.69, 9.17) is 18.9 Å². The highest BCUT2D eigenvalue weighted by Crippen LogP contribution is 2.58. The highest BCUT2D eigenvalue weighted by molar-refractivity contribution is 6.03. The molecule has 24 nitrogen and oxygen atoms in total. The Morgan fingerprint density at radius 3 is 2.21 bits per heavy atom. The van der Waals surface area contributed by atoms with Crippen molar-refractivity contribution in [1.29, 1.82) is 0 Å². The van der Waals surface area contributed by atoms with Crippen LogP contribution in [0.25, 0.3) is 5.57 Å². The van der Waals surface area contributed by atoms with Crippen molar-refractivity contribution in [1.82, 2.24) is 41.3 Å². The smallest absolute Gasteiger partial charge is 0.401 e. The van der Waals surface area contributed by atoms with E-state index in [-0.39, 0.29) is 60.5 Å². The molecule has 0 bridgehead atoms. The lowest BCUT2D eigenvalue weighted by Gasteiger charge is -2.48. The lowest BCUT2D eigenvalue weighted by molar-refractivity contribution is -0.158. The number of alkyl halides is 3. The van der Waals surface area contributed by atoms with Crippen molar-refractivity contribution in [3.8, 4) is 23.3 Å². The van der Waals surface area contributed by atoms with Crippen molar-refractivity contribution in [2.75, 3.05) is 88.8 Å². The van der Waals surface area contributed by atoms with Crippen LogP contribution in [0.15, 0.2) is 115 Å². The van der Waals surface area contributed by atoms with E-state index in [2.05, 4.69) is 61.2 Å². The fourth-order valence-corrected chi connectivity index (χ4v) is 16.9. The molecule has 111 heavy (non-hydrogen) atoms. The van der Waals surface area contributed by atoms with Crippen LogP contribution in [0, 0.1) is 28.6 Å². The van der Waals surface area contributed by atoms with Gasteiger partial charge in [0.2, 0.25) is 41.4 Å². The summed E-state index contributed by atoms with van der Waals surface area (Å²) in [4.78, 5) is 116. The lowest BCUT2D eigenvalue weighted by Crippen LogP contribution is -2.61. The Bertz CT molecular complexity index is 4380. The molecule has 3 saturated heterocycles. The Labute approximate surface area is 645 Å². The van der Waals surface area contributed by atoms with Gasteiger partial charge in [-0.25, -0.2) is 0 Å². The Balaban J connectivity index is 0.553. The third-order valence-corrected chi connectivity index (χ3v) is 23.3. The molecule has 8 aliphatic rings. The molecule has 8 N–H and O–H groups in total. The van der Waals surface area contributed by atoms with Crippen LogP contribution in [0.5, 0.6) is 11.5 Å². The van der Waals surface area contributed by atoms with Gasteiger partial charge in [0.1, 0.15) is 18.3 Å². The Morgan fingerprint density at radius 2 is 1.48 bits per heavy atom. The lowest BCUT2D eigenvalue weighted by atomic mass is 9.64. The maximum atomic E-state index is 15.4. The fourth-order valence-electron chi connectivity index (χ4n) is 16.9. The largest absolute Gasteiger partial charge is 0.493 e. The molecular formula is C84H100F3N11O13. The van der Waals surface area contributed by atoms with Crippen LogP contribution in [0.4, 0.5) is 30.2 Å². The number of likely N-dealkylation sites (tertiary alicyclic amines) is 1. The fraction of sp³-hybridized carbons (Fsp3) is 0.500. The number of benzene rings is 5. The normalized spacial score (nSPS) is 23.0. The molecule has 1 spiro atoms. The minimum Gasteiger partial charge on any atom is -0.493 e. The molecule has 5 fully saturated rings. The standard InChI is InChI=1S/C84H100F3N11O13/c1-51(2)76(94-74(101)46-90-73(100)45-89-72(99)27-28-75(102)97-47-59-15-8-7-13-54(59)23-24-58-14-9-10-16-65(58)97)79(105)91-52(3)77(103)92-61-25-17-53(18-26-61)41-83-43-70(109-5)69(40-71(83)93-78(104)66-42-82(31-32-82)49-98(66)81(83)107)111-36-12-6-11-35-110-68-39-64-63(38-67(68)108-4)80(106)96-48-60(37-62(96)44-88-64)56-21-19-55(20-22-56)57-29-33-95(34-30-57)50-84(85,86)87/h7-10,13-22,25-26,38-39,48,51-52,57,62,66,69-71,76,78,88,93,104H,6,11-12,27-37,40-47,49-50H2,1-5H3,(H,89,99)(H,90,100)(H,91,105)(H,92,103)(H,94,101)/t52-,62-,66-,69?,70?,71?,76-,78?,83?/m0/s1. The van der Waals surface area contributed by atoms with E-state index >= 15 is 4.79 Å². The molecule has 8 amide bonds. The molecule has 0 aromatic heterocycles. The Hall–Kier alpha value is -9.85. The number of amides is 8. The molecule has 13 rings (SSSR count). The Kier molecular flexibility index (Phi) is 24.6. The number of halogens is 3. The summed E-state index contributed by atoms with van der Waals surface area (Å²) in [6, 6.07) is 30.7. The molecule has 9 atom stereocenters. The minimum atomic E-state index is -4.20. The molecule has 5 aromatic carbocycles. The second-order valence-corrected chi connectivity index (χ2v) is 31.3. The second-order valence-electron chi connectivity index (χ2n) is 31.3. The zero-order valence-electron chi connectivity index (χ0n) is 63.5. The molecule has 27 heteroatoms. The SMILES string of the molecule is COc1cc2c(cc1OCCCCCOC1CC3NC(O)[C@@H]4CC5(CC5)CN4C(=O)C3(Cc3ccc(NC(=O)[C@H](C)NC(=O)[C@@H](NC(=O)CNC(=O)CNC(=O)CCC(=O)N4Cc5ccccc5C#Cc5ccccc54)C(C)C)cc3)CC1OC)NC[C@@H]1CC(c3ccc(C4CCN(CC(F)(F)F)CC4)cc3)=CN1C2=O. The van der Waals surface area contributed by atoms with Crippen LogP contribution in [-0.2, 0) is 56.0 Å². The van der Waals surface area contributed by atoms with Gasteiger partial charge in [-0.2, -0.15) is 13.2 Å². The average Bonchev–Trinajstić information content (AvgIpc) is 1.57. The summed E-state index contributed by atoms with van der Waals surface area (Å²) in [6.07, 6.45) is 3.47.